The smallest absolute Gasteiger partial charge is 0.328 e. The number of epoxide rings is 1. The van der Waals surface area contributed by atoms with Crippen molar-refractivity contribution in [2.75, 3.05) is 26.9 Å². The highest BCUT2D eigenvalue weighted by atomic mass is 16.6. The van der Waals surface area contributed by atoms with Crippen LogP contribution in [0.2, 0.25) is 0 Å². The van der Waals surface area contributed by atoms with Gasteiger partial charge in [0.15, 0.2) is 0 Å². The molecule has 1 N–H and O–H groups in total. The van der Waals surface area contributed by atoms with Crippen LogP contribution in [-0.4, -0.2) is 51.0 Å². The summed E-state index contributed by atoms with van der Waals surface area (Å²) in [4.78, 5) is 23.5. The topological polar surface area (TPSA) is 77.2 Å². The van der Waals surface area contributed by atoms with Gasteiger partial charge in [0.05, 0.1) is 20.3 Å². The molecule has 0 radical (unpaired) electrons. The Labute approximate surface area is 123 Å². The third-order valence-electron chi connectivity index (χ3n) is 3.04. The number of hydrogen-bond acceptors (Lipinski definition) is 5. The van der Waals surface area contributed by atoms with E-state index >= 15 is 0 Å². The number of nitrogens with one attached hydrogen (secondary N) is 1. The van der Waals surface area contributed by atoms with Gasteiger partial charge in [-0.1, -0.05) is 30.3 Å². The van der Waals surface area contributed by atoms with E-state index in [2.05, 4.69) is 5.32 Å². The van der Waals surface area contributed by atoms with Crippen LogP contribution in [0.3, 0.4) is 0 Å². The van der Waals surface area contributed by atoms with E-state index in [0.29, 0.717) is 19.6 Å². The molecule has 0 aromatic heterocycles. The van der Waals surface area contributed by atoms with E-state index in [1.165, 1.54) is 7.11 Å². The first kappa shape index (κ1) is 15.5. The fraction of sp³-hybridized carbons (Fsp3) is 0.467. The molecule has 1 aromatic rings. The van der Waals surface area contributed by atoms with Crippen LogP contribution < -0.4 is 5.32 Å². The Hall–Kier alpha value is -1.92. The van der Waals surface area contributed by atoms with Gasteiger partial charge in [0, 0.05) is 6.42 Å². The first-order valence-electron chi connectivity index (χ1n) is 6.79. The van der Waals surface area contributed by atoms with Crippen molar-refractivity contribution in [2.45, 2.75) is 18.6 Å². The summed E-state index contributed by atoms with van der Waals surface area (Å²) in [6.45, 7) is 0.984. The van der Waals surface area contributed by atoms with Crippen LogP contribution in [0.5, 0.6) is 0 Å². The van der Waals surface area contributed by atoms with Crippen LogP contribution >= 0.6 is 0 Å². The molecule has 21 heavy (non-hydrogen) atoms. The maximum Gasteiger partial charge on any atom is 0.328 e. The minimum absolute atomic E-state index is 0.0951. The van der Waals surface area contributed by atoms with E-state index in [1.54, 1.807) is 0 Å². The molecule has 2 rings (SSSR count). The number of carbonyl (C=O) groups is 2. The monoisotopic (exact) mass is 293 g/mol. The fourth-order valence-corrected chi connectivity index (χ4v) is 1.87. The lowest BCUT2D eigenvalue weighted by atomic mass is 10.1. The standard InChI is InChI=1S/C15H19NO5/c1-19-15(18)13(7-11-5-3-2-4-6-11)16-14(17)10-20-8-12-9-21-12/h2-6,12-13H,7-10H2,1H3,(H,16,17). The van der Waals surface area contributed by atoms with E-state index in [9.17, 15) is 9.59 Å². The van der Waals surface area contributed by atoms with Crippen LogP contribution in [0.25, 0.3) is 0 Å². The first-order chi connectivity index (χ1) is 10.2. The van der Waals surface area contributed by atoms with Gasteiger partial charge in [0.1, 0.15) is 18.8 Å². The summed E-state index contributed by atoms with van der Waals surface area (Å²) < 4.78 is 14.9. The number of carbonyl (C=O) groups excluding carboxylic acids is 2. The molecule has 2 atom stereocenters. The van der Waals surface area contributed by atoms with E-state index in [4.69, 9.17) is 14.2 Å². The minimum atomic E-state index is -0.717. The van der Waals surface area contributed by atoms with E-state index in [-0.39, 0.29) is 18.6 Å². The van der Waals surface area contributed by atoms with E-state index in [0.717, 1.165) is 5.56 Å². The lowest BCUT2D eigenvalue weighted by Gasteiger charge is -2.16. The van der Waals surface area contributed by atoms with Crippen LogP contribution in [0.1, 0.15) is 5.56 Å². The Morgan fingerprint density at radius 3 is 2.71 bits per heavy atom. The largest absolute Gasteiger partial charge is 0.467 e. The highest BCUT2D eigenvalue weighted by molar-refractivity contribution is 5.85. The Kier molecular flexibility index (Phi) is 5.71. The van der Waals surface area contributed by atoms with Gasteiger partial charge < -0.3 is 19.5 Å². The SMILES string of the molecule is COC(=O)C(Cc1ccccc1)NC(=O)COCC1CO1. The zero-order valence-electron chi connectivity index (χ0n) is 11.9. The Morgan fingerprint density at radius 1 is 1.38 bits per heavy atom. The molecule has 114 valence electrons. The zero-order valence-corrected chi connectivity index (χ0v) is 11.9. The van der Waals surface area contributed by atoms with E-state index in [1.807, 2.05) is 30.3 Å². The molecular formula is C15H19NO5. The molecule has 0 bridgehead atoms. The summed E-state index contributed by atoms with van der Waals surface area (Å²) in [6.07, 6.45) is 0.490. The van der Waals surface area contributed by atoms with Gasteiger partial charge in [-0.25, -0.2) is 4.79 Å². The molecule has 6 nitrogen and oxygen atoms in total. The third kappa shape index (κ3) is 5.53. The minimum Gasteiger partial charge on any atom is -0.467 e. The second-order valence-corrected chi connectivity index (χ2v) is 4.80. The summed E-state index contributed by atoms with van der Waals surface area (Å²) in [6, 6.07) is 8.72. The van der Waals surface area contributed by atoms with Gasteiger partial charge in [-0.15, -0.1) is 0 Å². The predicted octanol–water partition coefficient (Wildman–Crippen LogP) is 0.302. The molecule has 1 amide bonds. The molecule has 1 saturated heterocycles. The van der Waals surface area contributed by atoms with Gasteiger partial charge in [0.2, 0.25) is 5.91 Å². The quantitative estimate of drug-likeness (QED) is 0.551. The van der Waals surface area contributed by atoms with Gasteiger partial charge >= 0.3 is 5.97 Å². The summed E-state index contributed by atoms with van der Waals surface area (Å²) >= 11 is 0. The summed E-state index contributed by atoms with van der Waals surface area (Å²) in [7, 11) is 1.30. The maximum absolute atomic E-state index is 11.8. The molecule has 1 heterocycles. The van der Waals surface area contributed by atoms with Crippen LogP contribution in [0.4, 0.5) is 0 Å². The molecule has 0 spiro atoms. The third-order valence-corrected chi connectivity index (χ3v) is 3.04. The number of benzene rings is 1. The van der Waals surface area contributed by atoms with Crippen LogP contribution in [-0.2, 0) is 30.2 Å². The predicted molar refractivity (Wildman–Crippen MR) is 74.7 cm³/mol. The van der Waals surface area contributed by atoms with Gasteiger partial charge in [-0.05, 0) is 5.56 Å². The van der Waals surface area contributed by atoms with Gasteiger partial charge in [0.25, 0.3) is 0 Å². The number of amides is 1. The molecule has 1 aromatic carbocycles. The number of ether oxygens (including phenoxy) is 3. The second-order valence-electron chi connectivity index (χ2n) is 4.80. The molecule has 2 unspecified atom stereocenters. The highest BCUT2D eigenvalue weighted by Crippen LogP contribution is 2.08. The van der Waals surface area contributed by atoms with Crippen molar-refractivity contribution < 1.29 is 23.8 Å². The van der Waals surface area contributed by atoms with Crippen molar-refractivity contribution in [3.05, 3.63) is 35.9 Å². The lowest BCUT2D eigenvalue weighted by molar-refractivity contribution is -0.145. The van der Waals surface area contributed by atoms with Crippen molar-refractivity contribution >= 4 is 11.9 Å². The van der Waals surface area contributed by atoms with Gasteiger partial charge in [-0.2, -0.15) is 0 Å². The van der Waals surface area contributed by atoms with Crippen molar-refractivity contribution in [1.82, 2.24) is 5.32 Å². The Bertz CT molecular complexity index is 472. The lowest BCUT2D eigenvalue weighted by Crippen LogP contribution is -2.44. The number of rotatable bonds is 8. The summed E-state index contributed by atoms with van der Waals surface area (Å²) in [5.74, 6) is -0.820. The molecule has 1 aliphatic heterocycles. The van der Waals surface area contributed by atoms with Crippen molar-refractivity contribution in [2.24, 2.45) is 0 Å². The van der Waals surface area contributed by atoms with Crippen LogP contribution in [0, 0.1) is 0 Å². The number of esters is 1. The summed E-state index contributed by atoms with van der Waals surface area (Å²) in [5.41, 5.74) is 0.945. The molecule has 1 fully saturated rings. The highest BCUT2D eigenvalue weighted by Gasteiger charge is 2.24. The van der Waals surface area contributed by atoms with Crippen molar-refractivity contribution in [1.29, 1.82) is 0 Å². The average molecular weight is 293 g/mol. The van der Waals surface area contributed by atoms with Gasteiger partial charge in [-0.3, -0.25) is 4.79 Å². The van der Waals surface area contributed by atoms with Crippen LogP contribution in [0.15, 0.2) is 30.3 Å². The average Bonchev–Trinajstić information content (AvgIpc) is 3.31. The first-order valence-corrected chi connectivity index (χ1v) is 6.79. The molecule has 0 aliphatic carbocycles. The molecule has 1 aliphatic rings. The number of hydrogen-bond donors (Lipinski definition) is 1. The normalized spacial score (nSPS) is 17.9. The van der Waals surface area contributed by atoms with Crippen molar-refractivity contribution in [3.8, 4) is 0 Å². The van der Waals surface area contributed by atoms with Crippen molar-refractivity contribution in [3.63, 3.8) is 0 Å². The molecule has 6 heteroatoms. The fourth-order valence-electron chi connectivity index (χ4n) is 1.87. The molecular weight excluding hydrogens is 274 g/mol. The number of methoxy groups -OCH3 is 1. The maximum atomic E-state index is 11.8. The Morgan fingerprint density at radius 2 is 2.10 bits per heavy atom. The molecule has 0 saturated carbocycles. The van der Waals surface area contributed by atoms with E-state index < -0.39 is 12.0 Å². The second kappa shape index (κ2) is 7.75. The zero-order chi connectivity index (χ0) is 15.1. The Balaban J connectivity index is 1.83. The summed E-state index contributed by atoms with van der Waals surface area (Å²) in [5, 5.41) is 2.63.